The minimum absolute atomic E-state index is 0.150. The molecule has 0 saturated carbocycles. The number of fused-ring (bicyclic) bond motifs is 1. The summed E-state index contributed by atoms with van der Waals surface area (Å²) in [5, 5.41) is 2.94. The summed E-state index contributed by atoms with van der Waals surface area (Å²) in [4.78, 5) is 24.2. The molecule has 0 fully saturated rings. The lowest BCUT2D eigenvalue weighted by molar-refractivity contribution is 0.0948. The maximum atomic E-state index is 13.3. The Morgan fingerprint density at radius 3 is 2.57 bits per heavy atom. The number of hydrogen-bond donors (Lipinski definition) is 1. The van der Waals surface area contributed by atoms with Gasteiger partial charge in [-0.2, -0.15) is 4.98 Å². The van der Waals surface area contributed by atoms with Gasteiger partial charge in [-0.05, 0) is 47.7 Å². The van der Waals surface area contributed by atoms with Crippen LogP contribution in [0.2, 0.25) is 0 Å². The van der Waals surface area contributed by atoms with E-state index in [0.29, 0.717) is 18.9 Å². The molecule has 1 N–H and O–H groups in total. The van der Waals surface area contributed by atoms with Crippen molar-refractivity contribution in [3.63, 3.8) is 0 Å². The van der Waals surface area contributed by atoms with Crippen molar-refractivity contribution >= 4 is 17.5 Å². The minimum Gasteiger partial charge on any atom is -0.472 e. The molecule has 0 unspecified atom stereocenters. The zero-order valence-electron chi connectivity index (χ0n) is 19.2. The van der Waals surface area contributed by atoms with Gasteiger partial charge in [-0.25, -0.2) is 9.37 Å². The lowest BCUT2D eigenvalue weighted by Gasteiger charge is -2.19. The number of carbonyl (C=O) groups is 1. The van der Waals surface area contributed by atoms with Crippen LogP contribution >= 0.6 is 0 Å². The predicted octanol–water partition coefficient (Wildman–Crippen LogP) is 4.86. The topological polar surface area (TPSA) is 67.4 Å². The number of halogens is 1. The summed E-state index contributed by atoms with van der Waals surface area (Å²) in [5.41, 5.74) is 4.45. The zero-order valence-corrected chi connectivity index (χ0v) is 19.2. The smallest absolute Gasteiger partial charge is 0.258 e. The van der Waals surface area contributed by atoms with E-state index < -0.39 is 0 Å². The minimum atomic E-state index is -0.316. The Bertz CT molecular complexity index is 1310. The van der Waals surface area contributed by atoms with Crippen molar-refractivity contribution in [2.75, 3.05) is 18.0 Å². The van der Waals surface area contributed by atoms with Gasteiger partial charge < -0.3 is 15.0 Å². The summed E-state index contributed by atoms with van der Waals surface area (Å²) in [6, 6.07) is 24.1. The van der Waals surface area contributed by atoms with Gasteiger partial charge in [0, 0.05) is 25.0 Å². The van der Waals surface area contributed by atoms with E-state index in [4.69, 9.17) is 4.74 Å². The van der Waals surface area contributed by atoms with Crippen molar-refractivity contribution in [1.29, 1.82) is 0 Å². The molecule has 0 atom stereocenters. The first-order valence-electron chi connectivity index (χ1n) is 11.6. The first-order chi connectivity index (χ1) is 17.2. The Morgan fingerprint density at radius 2 is 1.74 bits per heavy atom. The number of anilines is 2. The molecule has 3 aromatic carbocycles. The molecule has 0 radical (unpaired) electrons. The van der Waals surface area contributed by atoms with Crippen molar-refractivity contribution in [1.82, 2.24) is 15.3 Å². The first kappa shape index (κ1) is 22.5. The fourth-order valence-electron chi connectivity index (χ4n) is 4.09. The van der Waals surface area contributed by atoms with E-state index in [9.17, 15) is 9.18 Å². The van der Waals surface area contributed by atoms with Crippen LogP contribution in [0.15, 0.2) is 85.1 Å². The highest BCUT2D eigenvalue weighted by Gasteiger charge is 2.24. The Hall–Kier alpha value is -4.26. The lowest BCUT2D eigenvalue weighted by atomic mass is 10.1. The monoisotopic (exact) mass is 468 g/mol. The summed E-state index contributed by atoms with van der Waals surface area (Å²) in [5.74, 6) is 0.0541. The van der Waals surface area contributed by atoms with E-state index in [-0.39, 0.29) is 29.8 Å². The highest BCUT2D eigenvalue weighted by atomic mass is 19.1. The molecule has 1 aliphatic heterocycles. The summed E-state index contributed by atoms with van der Waals surface area (Å²) in [7, 11) is 0. The molecular formula is C28H25FN4O2. The van der Waals surface area contributed by atoms with Crippen molar-refractivity contribution in [3.05, 3.63) is 113 Å². The fraction of sp³-hybridized carbons (Fsp3) is 0.179. The molecule has 5 rings (SSSR count). The average Bonchev–Trinajstić information content (AvgIpc) is 3.33. The van der Waals surface area contributed by atoms with Crippen LogP contribution in [0, 0.1) is 5.82 Å². The van der Waals surface area contributed by atoms with E-state index in [0.717, 1.165) is 29.8 Å². The third kappa shape index (κ3) is 5.30. The Labute approximate surface area is 203 Å². The molecule has 0 saturated heterocycles. The van der Waals surface area contributed by atoms with E-state index in [1.807, 2.05) is 53.4 Å². The maximum Gasteiger partial charge on any atom is 0.258 e. The number of amides is 1. The average molecular weight is 469 g/mol. The van der Waals surface area contributed by atoms with Crippen LogP contribution in [0.5, 0.6) is 5.88 Å². The van der Waals surface area contributed by atoms with Crippen molar-refractivity contribution < 1.29 is 13.9 Å². The second-order valence-corrected chi connectivity index (χ2v) is 8.33. The number of para-hydroxylation sites is 1. The number of carbonyl (C=O) groups excluding carboxylic acids is 1. The molecule has 1 aliphatic rings. The van der Waals surface area contributed by atoms with Gasteiger partial charge in [0.1, 0.15) is 18.0 Å². The van der Waals surface area contributed by atoms with Gasteiger partial charge in [0.25, 0.3) is 5.91 Å². The standard InChI is InChI=1S/C28H25FN4O2/c29-23-12-10-21(11-13-23)19-35-27-24(26(34)30-16-14-20-6-2-1-3-7-20)18-31-28(32-27)33-17-15-22-8-4-5-9-25(22)33/h1-13,18H,14-17,19H2,(H,30,34). The van der Waals surface area contributed by atoms with Crippen molar-refractivity contribution in [3.8, 4) is 5.88 Å². The highest BCUT2D eigenvalue weighted by Crippen LogP contribution is 2.33. The van der Waals surface area contributed by atoms with Gasteiger partial charge in [0.05, 0.1) is 0 Å². The zero-order chi connectivity index (χ0) is 24.0. The van der Waals surface area contributed by atoms with Crippen LogP contribution in [0.1, 0.15) is 27.0 Å². The molecule has 0 aliphatic carbocycles. The van der Waals surface area contributed by atoms with E-state index in [1.165, 1.54) is 23.9 Å². The summed E-state index contributed by atoms with van der Waals surface area (Å²) >= 11 is 0. The van der Waals surface area contributed by atoms with Crippen LogP contribution in [0.3, 0.4) is 0 Å². The molecule has 7 heteroatoms. The van der Waals surface area contributed by atoms with Crippen molar-refractivity contribution in [2.45, 2.75) is 19.4 Å². The molecule has 176 valence electrons. The third-order valence-corrected chi connectivity index (χ3v) is 5.95. The lowest BCUT2D eigenvalue weighted by Crippen LogP contribution is -2.27. The highest BCUT2D eigenvalue weighted by molar-refractivity contribution is 5.96. The number of nitrogens with zero attached hydrogens (tertiary/aromatic N) is 3. The number of aromatic nitrogens is 2. The van der Waals surface area contributed by atoms with Crippen molar-refractivity contribution in [2.24, 2.45) is 0 Å². The Balaban J connectivity index is 1.36. The quantitative estimate of drug-likeness (QED) is 0.400. The molecule has 1 amide bonds. The molecule has 4 aromatic rings. The van der Waals surface area contributed by atoms with Crippen LogP contribution in [0.4, 0.5) is 16.0 Å². The van der Waals surface area contributed by atoms with Gasteiger partial charge in [-0.15, -0.1) is 0 Å². The van der Waals surface area contributed by atoms with Gasteiger partial charge >= 0.3 is 0 Å². The van der Waals surface area contributed by atoms with Gasteiger partial charge in [-0.1, -0.05) is 60.7 Å². The first-order valence-corrected chi connectivity index (χ1v) is 11.6. The van der Waals surface area contributed by atoms with Crippen LogP contribution in [0.25, 0.3) is 0 Å². The summed E-state index contributed by atoms with van der Waals surface area (Å²) in [6.07, 6.45) is 3.12. The molecule has 0 spiro atoms. The Morgan fingerprint density at radius 1 is 0.971 bits per heavy atom. The van der Waals surface area contributed by atoms with Gasteiger partial charge in [0.15, 0.2) is 0 Å². The number of nitrogens with one attached hydrogen (secondary N) is 1. The maximum absolute atomic E-state index is 13.3. The SMILES string of the molecule is O=C(NCCc1ccccc1)c1cnc(N2CCc3ccccc32)nc1OCc1ccc(F)cc1. The van der Waals surface area contributed by atoms with Crippen LogP contribution in [-0.2, 0) is 19.4 Å². The summed E-state index contributed by atoms with van der Waals surface area (Å²) < 4.78 is 19.3. The van der Waals surface area contributed by atoms with Crippen LogP contribution in [-0.4, -0.2) is 29.0 Å². The molecular weight excluding hydrogens is 443 g/mol. The van der Waals surface area contributed by atoms with E-state index >= 15 is 0 Å². The fourth-order valence-corrected chi connectivity index (χ4v) is 4.09. The largest absolute Gasteiger partial charge is 0.472 e. The third-order valence-electron chi connectivity index (χ3n) is 5.95. The number of hydrogen-bond acceptors (Lipinski definition) is 5. The summed E-state index contributed by atoms with van der Waals surface area (Å²) in [6.45, 7) is 1.37. The van der Waals surface area contributed by atoms with E-state index in [1.54, 1.807) is 12.1 Å². The molecule has 1 aromatic heterocycles. The number of rotatable bonds is 8. The normalized spacial score (nSPS) is 12.3. The molecule has 0 bridgehead atoms. The molecule has 6 nitrogen and oxygen atoms in total. The molecule has 35 heavy (non-hydrogen) atoms. The van der Waals surface area contributed by atoms with Gasteiger partial charge in [-0.3, -0.25) is 4.79 Å². The number of benzene rings is 3. The van der Waals surface area contributed by atoms with E-state index in [2.05, 4.69) is 21.4 Å². The second kappa shape index (κ2) is 10.3. The number of ether oxygens (including phenoxy) is 1. The molecule has 2 heterocycles. The Kier molecular flexibility index (Phi) is 6.66. The second-order valence-electron chi connectivity index (χ2n) is 8.33. The van der Waals surface area contributed by atoms with Crippen LogP contribution < -0.4 is 15.0 Å². The predicted molar refractivity (Wildman–Crippen MR) is 132 cm³/mol. The van der Waals surface area contributed by atoms with Gasteiger partial charge in [0.2, 0.25) is 11.8 Å².